The molecule has 82 valence electrons. The molecule has 1 N–H and O–H groups in total. The van der Waals surface area contributed by atoms with Crippen LogP contribution < -0.4 is 0 Å². The van der Waals surface area contributed by atoms with Crippen molar-refractivity contribution in [1.29, 1.82) is 0 Å². The smallest absolute Gasteiger partial charge is 0.0671 e. The molecule has 0 radical (unpaired) electrons. The zero-order chi connectivity index (χ0) is 10.2. The lowest BCUT2D eigenvalue weighted by molar-refractivity contribution is -0.00585. The Labute approximate surface area is 91.7 Å². The van der Waals surface area contributed by atoms with Crippen molar-refractivity contribution in [2.75, 3.05) is 0 Å². The molecule has 2 rings (SSSR count). The van der Waals surface area contributed by atoms with Crippen LogP contribution in [0.2, 0.25) is 0 Å². The standard InChI is InChI=1S/C12H22OS/c1-9(2)6-12(13)7-10-4-3-5-11(8-12)14-10/h9-11,13H,3-8H2,1-2H3. The molecule has 1 nitrogen and oxygen atoms in total. The lowest BCUT2D eigenvalue weighted by atomic mass is 9.80. The monoisotopic (exact) mass is 214 g/mol. The highest BCUT2D eigenvalue weighted by Crippen LogP contribution is 2.47. The van der Waals surface area contributed by atoms with E-state index in [1.807, 2.05) is 0 Å². The molecule has 2 heterocycles. The first kappa shape index (κ1) is 10.8. The largest absolute Gasteiger partial charge is 0.390 e. The minimum absolute atomic E-state index is 0.324. The van der Waals surface area contributed by atoms with Gasteiger partial charge in [0.2, 0.25) is 0 Å². The predicted octanol–water partition coefficient (Wildman–Crippen LogP) is 3.21. The van der Waals surface area contributed by atoms with Crippen molar-refractivity contribution in [2.45, 2.75) is 68.5 Å². The molecule has 2 fully saturated rings. The van der Waals surface area contributed by atoms with E-state index in [0.29, 0.717) is 5.92 Å². The Morgan fingerprint density at radius 2 is 1.86 bits per heavy atom. The molecule has 0 spiro atoms. The molecule has 2 bridgehead atoms. The van der Waals surface area contributed by atoms with Crippen LogP contribution in [0, 0.1) is 5.92 Å². The molecule has 2 atom stereocenters. The highest BCUT2D eigenvalue weighted by atomic mass is 32.2. The summed E-state index contributed by atoms with van der Waals surface area (Å²) in [6.45, 7) is 4.44. The molecule has 2 aliphatic heterocycles. The molecular formula is C12H22OS. The van der Waals surface area contributed by atoms with E-state index in [0.717, 1.165) is 29.8 Å². The lowest BCUT2D eigenvalue weighted by Crippen LogP contribution is -2.43. The number of hydrogen-bond acceptors (Lipinski definition) is 2. The fourth-order valence-corrected chi connectivity index (χ4v) is 5.10. The summed E-state index contributed by atoms with van der Waals surface area (Å²) < 4.78 is 0. The number of thioether (sulfide) groups is 1. The normalized spacial score (nSPS) is 42.9. The van der Waals surface area contributed by atoms with Gasteiger partial charge >= 0.3 is 0 Å². The van der Waals surface area contributed by atoms with Gasteiger partial charge in [-0.25, -0.2) is 0 Å². The minimum atomic E-state index is -0.324. The highest BCUT2D eigenvalue weighted by Gasteiger charge is 2.41. The molecule has 2 saturated heterocycles. The Morgan fingerprint density at radius 1 is 1.29 bits per heavy atom. The summed E-state index contributed by atoms with van der Waals surface area (Å²) in [5.74, 6) is 0.629. The van der Waals surface area contributed by atoms with E-state index in [2.05, 4.69) is 25.6 Å². The van der Waals surface area contributed by atoms with E-state index in [1.165, 1.54) is 19.3 Å². The maximum absolute atomic E-state index is 10.5. The summed E-state index contributed by atoms with van der Waals surface area (Å²) in [5.41, 5.74) is -0.324. The minimum Gasteiger partial charge on any atom is -0.390 e. The van der Waals surface area contributed by atoms with Crippen molar-refractivity contribution < 1.29 is 5.11 Å². The van der Waals surface area contributed by atoms with Crippen LogP contribution in [0.15, 0.2) is 0 Å². The van der Waals surface area contributed by atoms with Crippen molar-refractivity contribution >= 4 is 11.8 Å². The molecule has 2 unspecified atom stereocenters. The fourth-order valence-electron chi connectivity index (χ4n) is 3.14. The Bertz CT molecular complexity index is 190. The summed E-state index contributed by atoms with van der Waals surface area (Å²) in [4.78, 5) is 0. The Hall–Kier alpha value is 0.310. The lowest BCUT2D eigenvalue weighted by Gasteiger charge is -2.44. The van der Waals surface area contributed by atoms with Crippen LogP contribution in [0.5, 0.6) is 0 Å². The number of aliphatic hydroxyl groups is 1. The summed E-state index contributed by atoms with van der Waals surface area (Å²) in [5, 5.41) is 12.0. The molecule has 0 aromatic heterocycles. The maximum Gasteiger partial charge on any atom is 0.0671 e. The summed E-state index contributed by atoms with van der Waals surface area (Å²) in [6.07, 6.45) is 7.16. The SMILES string of the molecule is CC(C)CC1(O)CC2CCCC(C1)S2. The summed E-state index contributed by atoms with van der Waals surface area (Å²) in [6, 6.07) is 0. The first-order valence-electron chi connectivity index (χ1n) is 5.95. The first-order valence-corrected chi connectivity index (χ1v) is 6.89. The van der Waals surface area contributed by atoms with E-state index >= 15 is 0 Å². The number of fused-ring (bicyclic) bond motifs is 2. The Morgan fingerprint density at radius 3 is 2.36 bits per heavy atom. The van der Waals surface area contributed by atoms with Gasteiger partial charge in [0.1, 0.15) is 0 Å². The molecular weight excluding hydrogens is 192 g/mol. The van der Waals surface area contributed by atoms with Crippen molar-refractivity contribution in [2.24, 2.45) is 5.92 Å². The predicted molar refractivity (Wildman–Crippen MR) is 62.7 cm³/mol. The molecule has 0 aliphatic carbocycles. The van der Waals surface area contributed by atoms with Crippen LogP contribution in [0.25, 0.3) is 0 Å². The average Bonchev–Trinajstić information content (AvgIpc) is 1.99. The van der Waals surface area contributed by atoms with Gasteiger partial charge in [-0.3, -0.25) is 0 Å². The van der Waals surface area contributed by atoms with E-state index < -0.39 is 0 Å². The van der Waals surface area contributed by atoms with Gasteiger partial charge in [-0.1, -0.05) is 20.3 Å². The zero-order valence-corrected chi connectivity index (χ0v) is 10.1. The van der Waals surface area contributed by atoms with Crippen LogP contribution in [0.4, 0.5) is 0 Å². The number of hydrogen-bond donors (Lipinski definition) is 1. The molecule has 0 aromatic carbocycles. The molecule has 2 heteroatoms. The van der Waals surface area contributed by atoms with Gasteiger partial charge in [0.25, 0.3) is 0 Å². The molecule has 14 heavy (non-hydrogen) atoms. The molecule has 0 amide bonds. The zero-order valence-electron chi connectivity index (χ0n) is 9.33. The third kappa shape index (κ3) is 2.46. The van der Waals surface area contributed by atoms with Crippen LogP contribution in [0.3, 0.4) is 0 Å². The van der Waals surface area contributed by atoms with Crippen molar-refractivity contribution in [1.82, 2.24) is 0 Å². The third-order valence-corrected chi connectivity index (χ3v) is 5.02. The Kier molecular flexibility index (Phi) is 3.13. The van der Waals surface area contributed by atoms with Gasteiger partial charge in [-0.05, 0) is 38.0 Å². The molecule has 2 aliphatic rings. The second-order valence-electron chi connectivity index (χ2n) is 5.54. The summed E-state index contributed by atoms with van der Waals surface area (Å²) in [7, 11) is 0. The van der Waals surface area contributed by atoms with Gasteiger partial charge in [-0.2, -0.15) is 11.8 Å². The van der Waals surface area contributed by atoms with Crippen molar-refractivity contribution in [3.63, 3.8) is 0 Å². The van der Waals surface area contributed by atoms with Gasteiger partial charge in [0.15, 0.2) is 0 Å². The summed E-state index contributed by atoms with van der Waals surface area (Å²) >= 11 is 2.14. The van der Waals surface area contributed by atoms with Crippen molar-refractivity contribution in [3.8, 4) is 0 Å². The second kappa shape index (κ2) is 4.05. The van der Waals surface area contributed by atoms with Gasteiger partial charge in [0, 0.05) is 10.5 Å². The fraction of sp³-hybridized carbons (Fsp3) is 1.00. The van der Waals surface area contributed by atoms with E-state index in [1.54, 1.807) is 0 Å². The second-order valence-corrected chi connectivity index (χ2v) is 7.15. The average molecular weight is 214 g/mol. The van der Waals surface area contributed by atoms with Crippen LogP contribution in [0.1, 0.15) is 52.4 Å². The van der Waals surface area contributed by atoms with Crippen molar-refractivity contribution in [3.05, 3.63) is 0 Å². The number of rotatable bonds is 2. The topological polar surface area (TPSA) is 20.2 Å². The van der Waals surface area contributed by atoms with E-state index in [9.17, 15) is 5.11 Å². The van der Waals surface area contributed by atoms with Gasteiger partial charge in [-0.15, -0.1) is 0 Å². The van der Waals surface area contributed by atoms with Gasteiger partial charge < -0.3 is 5.11 Å². The van der Waals surface area contributed by atoms with Crippen LogP contribution in [-0.2, 0) is 0 Å². The van der Waals surface area contributed by atoms with Crippen LogP contribution in [-0.4, -0.2) is 21.2 Å². The highest BCUT2D eigenvalue weighted by molar-refractivity contribution is 8.00. The first-order chi connectivity index (χ1) is 6.57. The van der Waals surface area contributed by atoms with Gasteiger partial charge in [0.05, 0.1) is 5.60 Å². The van der Waals surface area contributed by atoms with E-state index in [-0.39, 0.29) is 5.60 Å². The quantitative estimate of drug-likeness (QED) is 0.761. The van der Waals surface area contributed by atoms with E-state index in [4.69, 9.17) is 0 Å². The maximum atomic E-state index is 10.5. The Balaban J connectivity index is 1.99. The van der Waals surface area contributed by atoms with Crippen LogP contribution >= 0.6 is 11.8 Å². The third-order valence-electron chi connectivity index (χ3n) is 3.44. The molecule has 0 saturated carbocycles. The molecule has 0 aromatic rings.